The molecule has 2 aliphatic rings. The average molecular weight is 342 g/mol. The van der Waals surface area contributed by atoms with Crippen molar-refractivity contribution in [3.8, 4) is 0 Å². The molecule has 3 nitrogen and oxygen atoms in total. The van der Waals surface area contributed by atoms with Crippen LogP contribution in [0, 0.1) is 0 Å². The van der Waals surface area contributed by atoms with E-state index in [1.165, 1.54) is 0 Å². The van der Waals surface area contributed by atoms with Gasteiger partial charge in [0.25, 0.3) is 0 Å². The highest BCUT2D eigenvalue weighted by molar-refractivity contribution is 6.62. The first-order chi connectivity index (χ1) is 11.0. The van der Waals surface area contributed by atoms with Crippen LogP contribution in [0.4, 0.5) is 13.2 Å². The molecule has 0 aliphatic carbocycles. The summed E-state index contributed by atoms with van der Waals surface area (Å²) in [4.78, 5) is 0. The Kier molecular flexibility index (Phi) is 4.26. The number of alkyl halides is 3. The van der Waals surface area contributed by atoms with E-state index in [0.29, 0.717) is 30.7 Å². The summed E-state index contributed by atoms with van der Waals surface area (Å²) in [6.45, 7) is 8.34. The van der Waals surface area contributed by atoms with Gasteiger partial charge in [-0.05, 0) is 51.2 Å². The van der Waals surface area contributed by atoms with E-state index in [1.807, 2.05) is 27.7 Å². The Morgan fingerprint density at radius 3 is 2.21 bits per heavy atom. The number of benzene rings is 1. The molecule has 132 valence electrons. The third-order valence-electron chi connectivity index (χ3n) is 5.28. The molecule has 0 bridgehead atoms. The highest BCUT2D eigenvalue weighted by Gasteiger charge is 2.52. The van der Waals surface area contributed by atoms with Crippen molar-refractivity contribution in [2.75, 3.05) is 13.2 Å². The smallest absolute Gasteiger partial charge is 0.399 e. The van der Waals surface area contributed by atoms with Crippen LogP contribution in [0.2, 0.25) is 0 Å². The van der Waals surface area contributed by atoms with Gasteiger partial charge in [-0.2, -0.15) is 13.2 Å². The molecule has 0 amide bonds. The SMILES string of the molecule is CC1(C)OB(c2ccc(C3CCOC3)c(C(F)(F)F)c2)OC1(C)C. The Balaban J connectivity index is 1.97. The first-order valence-corrected chi connectivity index (χ1v) is 8.16. The third-order valence-corrected chi connectivity index (χ3v) is 5.28. The maximum atomic E-state index is 13.6. The predicted molar refractivity (Wildman–Crippen MR) is 85.3 cm³/mol. The quantitative estimate of drug-likeness (QED) is 0.770. The minimum Gasteiger partial charge on any atom is -0.399 e. The molecule has 1 atom stereocenters. The number of halogens is 3. The van der Waals surface area contributed by atoms with E-state index in [-0.39, 0.29) is 5.92 Å². The van der Waals surface area contributed by atoms with Crippen molar-refractivity contribution >= 4 is 12.6 Å². The lowest BCUT2D eigenvalue weighted by Crippen LogP contribution is -2.41. The lowest BCUT2D eigenvalue weighted by molar-refractivity contribution is -0.138. The van der Waals surface area contributed by atoms with Gasteiger partial charge in [-0.25, -0.2) is 0 Å². The maximum Gasteiger partial charge on any atom is 0.494 e. The van der Waals surface area contributed by atoms with Crippen LogP contribution < -0.4 is 5.46 Å². The Bertz CT molecular complexity index is 606. The van der Waals surface area contributed by atoms with Crippen LogP contribution in [0.25, 0.3) is 0 Å². The predicted octanol–water partition coefficient (Wildman–Crippen LogP) is 3.51. The van der Waals surface area contributed by atoms with Gasteiger partial charge < -0.3 is 14.0 Å². The van der Waals surface area contributed by atoms with Crippen molar-refractivity contribution in [1.29, 1.82) is 0 Å². The fraction of sp³-hybridized carbons (Fsp3) is 0.647. The normalized spacial score (nSPS) is 26.1. The monoisotopic (exact) mass is 342 g/mol. The van der Waals surface area contributed by atoms with Crippen molar-refractivity contribution in [2.45, 2.75) is 57.4 Å². The fourth-order valence-electron chi connectivity index (χ4n) is 3.08. The highest BCUT2D eigenvalue weighted by atomic mass is 19.4. The van der Waals surface area contributed by atoms with Crippen LogP contribution in [0.15, 0.2) is 18.2 Å². The first kappa shape index (κ1) is 17.8. The summed E-state index contributed by atoms with van der Waals surface area (Å²) in [6.07, 6.45) is -3.81. The molecule has 3 rings (SSSR count). The van der Waals surface area contributed by atoms with Gasteiger partial charge >= 0.3 is 13.3 Å². The standard InChI is InChI=1S/C17H22BF3O3/c1-15(2)16(3,4)24-18(23-15)12-5-6-13(11-7-8-22-10-11)14(9-12)17(19,20)21/h5-6,9,11H,7-8,10H2,1-4H3. The molecule has 1 aromatic carbocycles. The molecule has 0 aromatic heterocycles. The second-order valence-electron chi connectivity index (χ2n) is 7.49. The molecule has 2 aliphatic heterocycles. The second kappa shape index (κ2) is 5.75. The van der Waals surface area contributed by atoms with Crippen LogP contribution in [-0.2, 0) is 20.2 Å². The van der Waals surface area contributed by atoms with Crippen LogP contribution in [0.5, 0.6) is 0 Å². The van der Waals surface area contributed by atoms with Gasteiger partial charge in [0, 0.05) is 12.5 Å². The summed E-state index contributed by atoms with van der Waals surface area (Å²) in [5.74, 6) is -0.214. The molecular weight excluding hydrogens is 320 g/mol. The molecule has 0 saturated carbocycles. The average Bonchev–Trinajstić information content (AvgIpc) is 3.04. The van der Waals surface area contributed by atoms with Crippen LogP contribution >= 0.6 is 0 Å². The summed E-state index contributed by atoms with van der Waals surface area (Å²) in [5.41, 5.74) is -1.11. The van der Waals surface area contributed by atoms with Crippen LogP contribution in [0.3, 0.4) is 0 Å². The molecule has 1 aromatic rings. The van der Waals surface area contributed by atoms with Gasteiger partial charge in [-0.3, -0.25) is 0 Å². The molecule has 1 unspecified atom stereocenters. The van der Waals surface area contributed by atoms with E-state index in [2.05, 4.69) is 0 Å². The van der Waals surface area contributed by atoms with Crippen molar-refractivity contribution in [3.05, 3.63) is 29.3 Å². The summed E-state index contributed by atoms with van der Waals surface area (Å²) in [6, 6.07) is 4.38. The molecular formula is C17H22BF3O3. The Labute approximate surface area is 140 Å². The Morgan fingerprint density at radius 1 is 1.08 bits per heavy atom. The first-order valence-electron chi connectivity index (χ1n) is 8.16. The minimum absolute atomic E-state index is 0.214. The van der Waals surface area contributed by atoms with Crippen molar-refractivity contribution < 1.29 is 27.2 Å². The molecule has 2 fully saturated rings. The van der Waals surface area contributed by atoms with Gasteiger partial charge in [0.2, 0.25) is 0 Å². The Hall–Kier alpha value is -1.05. The minimum atomic E-state index is -4.42. The van der Waals surface area contributed by atoms with E-state index < -0.39 is 30.1 Å². The number of hydrogen-bond donors (Lipinski definition) is 0. The molecule has 7 heteroatoms. The van der Waals surface area contributed by atoms with E-state index in [9.17, 15) is 13.2 Å². The van der Waals surface area contributed by atoms with Gasteiger partial charge in [0.1, 0.15) is 0 Å². The van der Waals surface area contributed by atoms with Gasteiger partial charge in [-0.15, -0.1) is 0 Å². The van der Waals surface area contributed by atoms with E-state index in [0.717, 1.165) is 6.07 Å². The summed E-state index contributed by atoms with van der Waals surface area (Å²) in [7, 11) is -0.801. The zero-order valence-electron chi connectivity index (χ0n) is 14.4. The van der Waals surface area contributed by atoms with Gasteiger partial charge in [0.15, 0.2) is 0 Å². The lowest BCUT2D eigenvalue weighted by Gasteiger charge is -2.32. The van der Waals surface area contributed by atoms with Crippen molar-refractivity contribution in [1.82, 2.24) is 0 Å². The lowest BCUT2D eigenvalue weighted by atomic mass is 9.76. The van der Waals surface area contributed by atoms with Gasteiger partial charge in [-0.1, -0.05) is 12.1 Å². The molecule has 0 radical (unpaired) electrons. The summed E-state index contributed by atoms with van der Waals surface area (Å²) < 4.78 is 57.6. The van der Waals surface area contributed by atoms with E-state index in [4.69, 9.17) is 14.0 Å². The number of ether oxygens (including phenoxy) is 1. The van der Waals surface area contributed by atoms with Crippen LogP contribution in [0.1, 0.15) is 51.2 Å². The largest absolute Gasteiger partial charge is 0.494 e. The fourth-order valence-corrected chi connectivity index (χ4v) is 3.08. The summed E-state index contributed by atoms with van der Waals surface area (Å²) >= 11 is 0. The molecule has 0 N–H and O–H groups in total. The second-order valence-corrected chi connectivity index (χ2v) is 7.49. The Morgan fingerprint density at radius 2 is 1.71 bits per heavy atom. The number of rotatable bonds is 2. The third kappa shape index (κ3) is 3.09. The van der Waals surface area contributed by atoms with Crippen molar-refractivity contribution in [2.24, 2.45) is 0 Å². The highest BCUT2D eigenvalue weighted by Crippen LogP contribution is 2.39. The topological polar surface area (TPSA) is 27.7 Å². The summed E-state index contributed by atoms with van der Waals surface area (Å²) in [5, 5.41) is 0. The van der Waals surface area contributed by atoms with Gasteiger partial charge in [0.05, 0.1) is 23.4 Å². The number of hydrogen-bond acceptors (Lipinski definition) is 3. The molecule has 24 heavy (non-hydrogen) atoms. The zero-order valence-corrected chi connectivity index (χ0v) is 14.4. The van der Waals surface area contributed by atoms with Crippen LogP contribution in [-0.4, -0.2) is 31.5 Å². The maximum absolute atomic E-state index is 13.6. The van der Waals surface area contributed by atoms with E-state index in [1.54, 1.807) is 12.1 Å². The molecule has 2 saturated heterocycles. The molecule has 0 spiro atoms. The van der Waals surface area contributed by atoms with E-state index >= 15 is 0 Å². The molecule has 2 heterocycles. The van der Waals surface area contributed by atoms with Crippen molar-refractivity contribution in [3.63, 3.8) is 0 Å². The zero-order chi connectivity index (χ0) is 17.8.